The minimum Gasteiger partial charge on any atom is -0.497 e. The highest BCUT2D eigenvalue weighted by Crippen LogP contribution is 2.36. The van der Waals surface area contributed by atoms with Crippen molar-refractivity contribution in [1.82, 2.24) is 20.1 Å². The Hall–Kier alpha value is -2.80. The van der Waals surface area contributed by atoms with Crippen molar-refractivity contribution in [3.8, 4) is 17.1 Å². The first kappa shape index (κ1) is 18.6. The van der Waals surface area contributed by atoms with E-state index in [0.29, 0.717) is 11.0 Å². The first-order chi connectivity index (χ1) is 13.7. The average molecular weight is 395 g/mol. The molecular formula is C21H22N4O2S. The number of nitrogens with one attached hydrogen (secondary N) is 1. The minimum atomic E-state index is -0.348. The van der Waals surface area contributed by atoms with Crippen molar-refractivity contribution in [1.29, 1.82) is 0 Å². The number of likely N-dealkylation sites (tertiary alicyclic amines) is 1. The van der Waals surface area contributed by atoms with E-state index in [-0.39, 0.29) is 11.2 Å². The number of hydrogen-bond acceptors (Lipinski definition) is 5. The Morgan fingerprint density at radius 3 is 2.50 bits per heavy atom. The molecule has 0 unspecified atom stereocenters. The molecule has 0 saturated carbocycles. The molecule has 1 aromatic heterocycles. The fourth-order valence-corrected chi connectivity index (χ4v) is 4.27. The average Bonchev–Trinajstić information content (AvgIpc) is 3.45. The van der Waals surface area contributed by atoms with Gasteiger partial charge < -0.3 is 9.64 Å². The number of benzene rings is 2. The van der Waals surface area contributed by atoms with Crippen molar-refractivity contribution in [2.75, 3.05) is 20.2 Å². The second-order valence-electron chi connectivity index (χ2n) is 6.64. The summed E-state index contributed by atoms with van der Waals surface area (Å²) in [6.45, 7) is 1.65. The summed E-state index contributed by atoms with van der Waals surface area (Å²) in [7, 11) is 1.64. The fraction of sp³-hybridized carbons (Fsp3) is 0.286. The molecule has 1 saturated heterocycles. The van der Waals surface area contributed by atoms with Crippen LogP contribution in [0.15, 0.2) is 59.8 Å². The molecule has 3 aromatic rings. The second-order valence-corrected chi connectivity index (χ2v) is 7.71. The number of aromatic amines is 1. The maximum absolute atomic E-state index is 13.1. The van der Waals surface area contributed by atoms with Crippen LogP contribution in [0.5, 0.6) is 5.75 Å². The molecule has 1 aliphatic rings. The molecule has 0 radical (unpaired) electrons. The van der Waals surface area contributed by atoms with Crippen LogP contribution in [0, 0.1) is 0 Å². The molecule has 0 spiro atoms. The standard InChI is InChI=1S/C21H22N4O2S/c1-27-17-11-9-16(10-12-17)19-22-21(24-23-19)28-18(15-7-3-2-4-8-15)20(26)25-13-5-6-14-25/h2-4,7-12,18H,5-6,13-14H2,1H3,(H,22,23,24)/t18-/m0/s1. The topological polar surface area (TPSA) is 71.1 Å². The van der Waals surface area contributed by atoms with Gasteiger partial charge >= 0.3 is 0 Å². The van der Waals surface area contributed by atoms with Gasteiger partial charge in [-0.1, -0.05) is 42.1 Å². The van der Waals surface area contributed by atoms with Crippen molar-refractivity contribution in [3.05, 3.63) is 60.2 Å². The number of hydrogen-bond donors (Lipinski definition) is 1. The van der Waals surface area contributed by atoms with Gasteiger partial charge in [-0.05, 0) is 42.7 Å². The number of ether oxygens (including phenoxy) is 1. The molecule has 4 rings (SSSR count). The second kappa shape index (κ2) is 8.48. The first-order valence-corrected chi connectivity index (χ1v) is 10.2. The fourth-order valence-electron chi connectivity index (χ4n) is 3.27. The number of thioether (sulfide) groups is 1. The molecule has 7 heteroatoms. The number of nitrogens with zero attached hydrogens (tertiary/aromatic N) is 3. The molecule has 0 aliphatic carbocycles. The predicted octanol–water partition coefficient (Wildman–Crippen LogP) is 3.94. The molecule has 28 heavy (non-hydrogen) atoms. The summed E-state index contributed by atoms with van der Waals surface area (Å²) in [5.41, 5.74) is 1.89. The summed E-state index contributed by atoms with van der Waals surface area (Å²) in [5, 5.41) is 7.53. The minimum absolute atomic E-state index is 0.129. The Balaban J connectivity index is 1.56. The Bertz CT molecular complexity index is 921. The maximum Gasteiger partial charge on any atom is 0.240 e. The van der Waals surface area contributed by atoms with Crippen LogP contribution in [0.25, 0.3) is 11.4 Å². The van der Waals surface area contributed by atoms with Crippen LogP contribution in [0.3, 0.4) is 0 Å². The molecule has 1 fully saturated rings. The van der Waals surface area contributed by atoms with Crippen molar-refractivity contribution < 1.29 is 9.53 Å². The molecule has 2 aromatic carbocycles. The number of H-pyrrole nitrogens is 1. The van der Waals surface area contributed by atoms with Crippen molar-refractivity contribution >= 4 is 17.7 Å². The van der Waals surface area contributed by atoms with Crippen LogP contribution in [-0.4, -0.2) is 46.2 Å². The SMILES string of the molecule is COc1ccc(-c2nc(S[C@H](C(=O)N3CCCC3)c3ccccc3)n[nH]2)cc1. The summed E-state index contributed by atoms with van der Waals surface area (Å²) in [6, 6.07) is 17.5. The van der Waals surface area contributed by atoms with E-state index in [1.807, 2.05) is 59.5 Å². The summed E-state index contributed by atoms with van der Waals surface area (Å²) in [6.07, 6.45) is 2.14. The van der Waals surface area contributed by atoms with Gasteiger partial charge in [0.1, 0.15) is 11.0 Å². The Labute approximate surface area is 168 Å². The lowest BCUT2D eigenvalue weighted by Gasteiger charge is -2.22. The normalized spacial score (nSPS) is 14.8. The molecule has 6 nitrogen and oxygen atoms in total. The largest absolute Gasteiger partial charge is 0.497 e. The molecule has 0 bridgehead atoms. The maximum atomic E-state index is 13.1. The van der Waals surface area contributed by atoms with Gasteiger partial charge in [0.2, 0.25) is 11.1 Å². The predicted molar refractivity (Wildman–Crippen MR) is 109 cm³/mol. The number of methoxy groups -OCH3 is 1. The highest BCUT2D eigenvalue weighted by atomic mass is 32.2. The van der Waals surface area contributed by atoms with E-state index >= 15 is 0 Å². The molecular weight excluding hydrogens is 372 g/mol. The monoisotopic (exact) mass is 394 g/mol. The third kappa shape index (κ3) is 4.04. The molecule has 1 atom stereocenters. The van der Waals surface area contributed by atoms with Crippen molar-refractivity contribution in [2.45, 2.75) is 23.2 Å². The number of rotatable bonds is 6. The summed E-state index contributed by atoms with van der Waals surface area (Å²) < 4.78 is 5.19. The van der Waals surface area contributed by atoms with Crippen LogP contribution >= 0.6 is 11.8 Å². The van der Waals surface area contributed by atoms with Gasteiger partial charge in [0, 0.05) is 18.7 Å². The summed E-state index contributed by atoms with van der Waals surface area (Å²) >= 11 is 1.39. The number of carbonyl (C=O) groups is 1. The first-order valence-electron chi connectivity index (χ1n) is 9.32. The Kier molecular flexibility index (Phi) is 5.62. The lowest BCUT2D eigenvalue weighted by molar-refractivity contribution is -0.129. The van der Waals surface area contributed by atoms with E-state index in [9.17, 15) is 4.79 Å². The smallest absolute Gasteiger partial charge is 0.240 e. The lowest BCUT2D eigenvalue weighted by Crippen LogP contribution is -2.31. The Morgan fingerprint density at radius 1 is 1.11 bits per heavy atom. The van der Waals surface area contributed by atoms with E-state index in [1.165, 1.54) is 11.8 Å². The molecule has 144 valence electrons. The van der Waals surface area contributed by atoms with Crippen LogP contribution in [0.2, 0.25) is 0 Å². The van der Waals surface area contributed by atoms with Gasteiger partial charge in [0.05, 0.1) is 7.11 Å². The van der Waals surface area contributed by atoms with Crippen LogP contribution in [0.4, 0.5) is 0 Å². The zero-order chi connectivity index (χ0) is 19.3. The molecule has 1 amide bonds. The number of aromatic nitrogens is 3. The Morgan fingerprint density at radius 2 is 1.82 bits per heavy atom. The number of carbonyl (C=O) groups excluding carboxylic acids is 1. The van der Waals surface area contributed by atoms with Crippen LogP contribution in [-0.2, 0) is 4.79 Å². The van der Waals surface area contributed by atoms with E-state index in [1.54, 1.807) is 7.11 Å². The zero-order valence-electron chi connectivity index (χ0n) is 15.7. The van der Waals surface area contributed by atoms with Crippen LogP contribution < -0.4 is 4.74 Å². The van der Waals surface area contributed by atoms with Gasteiger partial charge in [-0.25, -0.2) is 4.98 Å². The van der Waals surface area contributed by atoms with E-state index in [0.717, 1.165) is 42.8 Å². The highest BCUT2D eigenvalue weighted by molar-refractivity contribution is 8.00. The highest BCUT2D eigenvalue weighted by Gasteiger charge is 2.29. The summed E-state index contributed by atoms with van der Waals surface area (Å²) in [4.78, 5) is 19.7. The van der Waals surface area contributed by atoms with E-state index in [2.05, 4.69) is 15.2 Å². The van der Waals surface area contributed by atoms with Gasteiger partial charge in [-0.2, -0.15) is 0 Å². The van der Waals surface area contributed by atoms with Gasteiger partial charge in [0.15, 0.2) is 5.82 Å². The number of amides is 1. The quantitative estimate of drug-likeness (QED) is 0.641. The molecule has 1 aliphatic heterocycles. The molecule has 1 N–H and O–H groups in total. The van der Waals surface area contributed by atoms with Gasteiger partial charge in [-0.3, -0.25) is 9.89 Å². The van der Waals surface area contributed by atoms with E-state index < -0.39 is 0 Å². The van der Waals surface area contributed by atoms with Gasteiger partial charge in [0.25, 0.3) is 0 Å². The third-order valence-corrected chi connectivity index (χ3v) is 5.90. The van der Waals surface area contributed by atoms with Crippen LogP contribution in [0.1, 0.15) is 23.7 Å². The lowest BCUT2D eigenvalue weighted by atomic mass is 10.1. The van der Waals surface area contributed by atoms with Crippen molar-refractivity contribution in [3.63, 3.8) is 0 Å². The zero-order valence-corrected chi connectivity index (χ0v) is 16.5. The van der Waals surface area contributed by atoms with Gasteiger partial charge in [-0.15, -0.1) is 5.10 Å². The molecule has 2 heterocycles. The van der Waals surface area contributed by atoms with Crippen molar-refractivity contribution in [2.24, 2.45) is 0 Å². The van der Waals surface area contributed by atoms with E-state index in [4.69, 9.17) is 4.74 Å². The summed E-state index contributed by atoms with van der Waals surface area (Å²) in [5.74, 6) is 1.59. The third-order valence-electron chi connectivity index (χ3n) is 4.80.